The zero-order chi connectivity index (χ0) is 18.5. The van der Waals surface area contributed by atoms with Crippen molar-refractivity contribution in [1.29, 1.82) is 0 Å². The second-order valence-electron chi connectivity index (χ2n) is 5.37. The Morgan fingerprint density at radius 1 is 1.42 bits per heavy atom. The molecule has 0 aliphatic heterocycles. The van der Waals surface area contributed by atoms with E-state index in [1.54, 1.807) is 35.4 Å². The second-order valence-corrected chi connectivity index (χ2v) is 5.37. The van der Waals surface area contributed by atoms with Crippen molar-refractivity contribution >= 4 is 11.7 Å². The smallest absolute Gasteiger partial charge is 0.263 e. The molecule has 0 fully saturated rings. The van der Waals surface area contributed by atoms with E-state index in [1.807, 2.05) is 17.6 Å². The lowest BCUT2D eigenvalue weighted by molar-refractivity contribution is 0.102. The summed E-state index contributed by atoms with van der Waals surface area (Å²) in [4.78, 5) is 17.0. The van der Waals surface area contributed by atoms with Crippen LogP contribution in [0.1, 0.15) is 17.3 Å². The number of amides is 1. The summed E-state index contributed by atoms with van der Waals surface area (Å²) in [5, 5.41) is 14.9. The number of ether oxygens (including phenoxy) is 1. The maximum absolute atomic E-state index is 12.6. The molecule has 3 heterocycles. The molecule has 3 aromatic heterocycles. The van der Waals surface area contributed by atoms with Crippen molar-refractivity contribution in [1.82, 2.24) is 29.5 Å². The number of hydrogen-bond acceptors (Lipinski definition) is 6. The van der Waals surface area contributed by atoms with Crippen LogP contribution in [0.3, 0.4) is 0 Å². The summed E-state index contributed by atoms with van der Waals surface area (Å²) in [5.74, 6) is 0.918. The Labute approximate surface area is 150 Å². The standard InChI is InChI=1S/C17H19N7O2/c1-4-9-24-10-12(17(22-24)26-3)16(25)20-14-8-6-7-13(19-14)15-21-18-11-23(15)5-2/h4,6-8,10-11H,1,5,9H2,2-3H3,(H,19,20,25). The van der Waals surface area contributed by atoms with E-state index < -0.39 is 0 Å². The molecular formula is C17H19N7O2. The highest BCUT2D eigenvalue weighted by Crippen LogP contribution is 2.19. The Balaban J connectivity index is 1.84. The number of methoxy groups -OCH3 is 1. The fraction of sp³-hybridized carbons (Fsp3) is 0.235. The molecule has 0 saturated carbocycles. The van der Waals surface area contributed by atoms with Gasteiger partial charge in [-0.05, 0) is 19.1 Å². The molecule has 3 aromatic rings. The van der Waals surface area contributed by atoms with Gasteiger partial charge in [0, 0.05) is 12.7 Å². The predicted octanol–water partition coefficient (Wildman–Crippen LogP) is 2.00. The lowest BCUT2D eigenvalue weighted by atomic mass is 10.3. The lowest BCUT2D eigenvalue weighted by Crippen LogP contribution is -2.13. The average Bonchev–Trinajstić information content (AvgIpc) is 3.28. The van der Waals surface area contributed by atoms with Crippen LogP contribution < -0.4 is 10.1 Å². The molecule has 3 rings (SSSR count). The number of aromatic nitrogens is 6. The zero-order valence-corrected chi connectivity index (χ0v) is 14.6. The van der Waals surface area contributed by atoms with E-state index in [-0.39, 0.29) is 11.8 Å². The van der Waals surface area contributed by atoms with Crippen molar-refractivity contribution in [2.45, 2.75) is 20.0 Å². The van der Waals surface area contributed by atoms with E-state index in [0.29, 0.717) is 29.4 Å². The number of hydrogen-bond donors (Lipinski definition) is 1. The van der Waals surface area contributed by atoms with Gasteiger partial charge < -0.3 is 14.6 Å². The number of allylic oxidation sites excluding steroid dienone is 1. The Morgan fingerprint density at radius 2 is 2.27 bits per heavy atom. The summed E-state index contributed by atoms with van der Waals surface area (Å²) in [6, 6.07) is 5.31. The first-order valence-corrected chi connectivity index (χ1v) is 8.05. The highest BCUT2D eigenvalue weighted by Gasteiger charge is 2.18. The number of rotatable bonds is 7. The molecule has 1 N–H and O–H groups in total. The minimum atomic E-state index is -0.362. The Morgan fingerprint density at radius 3 is 3.00 bits per heavy atom. The van der Waals surface area contributed by atoms with Gasteiger partial charge in [0.1, 0.15) is 23.4 Å². The van der Waals surface area contributed by atoms with Gasteiger partial charge in [-0.2, -0.15) is 0 Å². The molecule has 134 valence electrons. The number of carbonyl (C=O) groups is 1. The normalized spacial score (nSPS) is 10.5. The Kier molecular flexibility index (Phi) is 5.07. The summed E-state index contributed by atoms with van der Waals surface area (Å²) >= 11 is 0. The Hall–Kier alpha value is -3.49. The largest absolute Gasteiger partial charge is 0.479 e. The van der Waals surface area contributed by atoms with Gasteiger partial charge in [0.2, 0.25) is 5.88 Å². The number of carbonyl (C=O) groups excluding carboxylic acids is 1. The van der Waals surface area contributed by atoms with E-state index in [4.69, 9.17) is 4.74 Å². The molecule has 26 heavy (non-hydrogen) atoms. The molecule has 9 nitrogen and oxygen atoms in total. The minimum absolute atomic E-state index is 0.242. The first-order chi connectivity index (χ1) is 12.7. The fourth-order valence-electron chi connectivity index (χ4n) is 2.43. The first-order valence-electron chi connectivity index (χ1n) is 8.05. The number of nitrogens with one attached hydrogen (secondary N) is 1. The zero-order valence-electron chi connectivity index (χ0n) is 14.6. The molecule has 9 heteroatoms. The molecule has 0 saturated heterocycles. The molecule has 0 unspecified atom stereocenters. The quantitative estimate of drug-likeness (QED) is 0.652. The summed E-state index contributed by atoms with van der Waals surface area (Å²) in [5.41, 5.74) is 0.940. The minimum Gasteiger partial charge on any atom is -0.479 e. The SMILES string of the molecule is C=CCn1cc(C(=O)Nc2cccc(-c3nncn3CC)n2)c(OC)n1. The molecule has 0 aromatic carbocycles. The molecule has 0 aliphatic rings. The van der Waals surface area contributed by atoms with Crippen LogP contribution in [0.4, 0.5) is 5.82 Å². The fourth-order valence-corrected chi connectivity index (χ4v) is 2.43. The van der Waals surface area contributed by atoms with Crippen LogP contribution >= 0.6 is 0 Å². The van der Waals surface area contributed by atoms with E-state index in [1.165, 1.54) is 7.11 Å². The van der Waals surface area contributed by atoms with Gasteiger partial charge in [0.05, 0.1) is 13.7 Å². The third-order valence-corrected chi connectivity index (χ3v) is 3.66. The van der Waals surface area contributed by atoms with Gasteiger partial charge in [-0.15, -0.1) is 21.9 Å². The molecule has 1 amide bonds. The van der Waals surface area contributed by atoms with Crippen LogP contribution in [-0.4, -0.2) is 42.5 Å². The van der Waals surface area contributed by atoms with Crippen LogP contribution in [0, 0.1) is 0 Å². The molecule has 0 radical (unpaired) electrons. The van der Waals surface area contributed by atoms with Crippen molar-refractivity contribution in [3.8, 4) is 17.4 Å². The third kappa shape index (κ3) is 3.46. The predicted molar refractivity (Wildman–Crippen MR) is 95.9 cm³/mol. The van der Waals surface area contributed by atoms with Crippen LogP contribution in [0.25, 0.3) is 11.5 Å². The van der Waals surface area contributed by atoms with Crippen LogP contribution in [0.2, 0.25) is 0 Å². The topological polar surface area (TPSA) is 99.8 Å². The van der Waals surface area contributed by atoms with E-state index >= 15 is 0 Å². The van der Waals surface area contributed by atoms with Crippen molar-refractivity contribution in [3.05, 3.63) is 48.9 Å². The van der Waals surface area contributed by atoms with Gasteiger partial charge in [-0.1, -0.05) is 12.1 Å². The summed E-state index contributed by atoms with van der Waals surface area (Å²) in [6.07, 6.45) is 4.93. The summed E-state index contributed by atoms with van der Waals surface area (Å²) in [6.45, 7) is 6.85. The number of nitrogens with zero attached hydrogens (tertiary/aromatic N) is 6. The molecule has 0 atom stereocenters. The summed E-state index contributed by atoms with van der Waals surface area (Å²) in [7, 11) is 1.47. The van der Waals surface area contributed by atoms with Gasteiger partial charge in [-0.3, -0.25) is 9.48 Å². The Bertz CT molecular complexity index is 929. The van der Waals surface area contributed by atoms with E-state index in [0.717, 1.165) is 6.54 Å². The maximum atomic E-state index is 12.6. The third-order valence-electron chi connectivity index (χ3n) is 3.66. The molecule has 0 aliphatic carbocycles. The number of aryl methyl sites for hydroxylation is 1. The van der Waals surface area contributed by atoms with Gasteiger partial charge in [-0.25, -0.2) is 4.98 Å². The van der Waals surface area contributed by atoms with Crippen LogP contribution in [0.5, 0.6) is 5.88 Å². The van der Waals surface area contributed by atoms with Crippen LogP contribution in [0.15, 0.2) is 43.4 Å². The van der Waals surface area contributed by atoms with Crippen molar-refractivity contribution < 1.29 is 9.53 Å². The van der Waals surface area contributed by atoms with Crippen LogP contribution in [-0.2, 0) is 13.1 Å². The molecule has 0 spiro atoms. The monoisotopic (exact) mass is 353 g/mol. The highest BCUT2D eigenvalue weighted by atomic mass is 16.5. The summed E-state index contributed by atoms with van der Waals surface area (Å²) < 4.78 is 8.62. The van der Waals surface area contributed by atoms with Gasteiger partial charge in [0.15, 0.2) is 5.82 Å². The van der Waals surface area contributed by atoms with Crippen molar-refractivity contribution in [2.24, 2.45) is 0 Å². The van der Waals surface area contributed by atoms with Gasteiger partial charge >= 0.3 is 0 Å². The second kappa shape index (κ2) is 7.60. The first kappa shape index (κ1) is 17.3. The maximum Gasteiger partial charge on any atom is 0.263 e. The number of anilines is 1. The van der Waals surface area contributed by atoms with E-state index in [2.05, 4.69) is 32.2 Å². The highest BCUT2D eigenvalue weighted by molar-refractivity contribution is 6.05. The van der Waals surface area contributed by atoms with Crippen molar-refractivity contribution in [2.75, 3.05) is 12.4 Å². The van der Waals surface area contributed by atoms with E-state index in [9.17, 15) is 4.79 Å². The van der Waals surface area contributed by atoms with Gasteiger partial charge in [0.25, 0.3) is 5.91 Å². The van der Waals surface area contributed by atoms with Crippen molar-refractivity contribution in [3.63, 3.8) is 0 Å². The molecular weight excluding hydrogens is 334 g/mol. The molecule has 0 bridgehead atoms. The lowest BCUT2D eigenvalue weighted by Gasteiger charge is -2.07. The average molecular weight is 353 g/mol. The number of pyridine rings is 1.